The molecule has 0 aliphatic carbocycles. The van der Waals surface area contributed by atoms with Crippen molar-refractivity contribution in [1.29, 1.82) is 0 Å². The summed E-state index contributed by atoms with van der Waals surface area (Å²) in [4.78, 5) is 17.5. The third-order valence-corrected chi connectivity index (χ3v) is 6.95. The summed E-state index contributed by atoms with van der Waals surface area (Å²) in [5, 5.41) is 2.89. The van der Waals surface area contributed by atoms with E-state index in [1.807, 2.05) is 30.3 Å². The van der Waals surface area contributed by atoms with Gasteiger partial charge in [0.05, 0.1) is 17.2 Å². The SMILES string of the molecule is O=C(NC1CCS(=O)(=O)C1)c1nc(-c2ccccc2)n2c1CCCCC2. The number of hydrogen-bond donors (Lipinski definition) is 1. The van der Waals surface area contributed by atoms with Crippen molar-refractivity contribution < 1.29 is 13.2 Å². The van der Waals surface area contributed by atoms with Crippen LogP contribution >= 0.6 is 0 Å². The van der Waals surface area contributed by atoms with Gasteiger partial charge in [0.15, 0.2) is 9.84 Å². The molecule has 138 valence electrons. The van der Waals surface area contributed by atoms with E-state index in [-0.39, 0.29) is 23.5 Å². The second-order valence-corrected chi connectivity index (χ2v) is 9.36. The van der Waals surface area contributed by atoms with Gasteiger partial charge in [0.1, 0.15) is 11.5 Å². The summed E-state index contributed by atoms with van der Waals surface area (Å²) in [6, 6.07) is 9.60. The van der Waals surface area contributed by atoms with Crippen LogP contribution in [0.3, 0.4) is 0 Å². The van der Waals surface area contributed by atoms with Crippen LogP contribution in [0.2, 0.25) is 0 Å². The summed E-state index contributed by atoms with van der Waals surface area (Å²) in [6.45, 7) is 0.859. The molecule has 0 bridgehead atoms. The second-order valence-electron chi connectivity index (χ2n) is 7.13. The number of imidazole rings is 1. The average molecular weight is 373 g/mol. The molecule has 1 saturated heterocycles. The number of aromatic nitrogens is 2. The molecule has 1 N–H and O–H groups in total. The smallest absolute Gasteiger partial charge is 0.272 e. The molecule has 26 heavy (non-hydrogen) atoms. The zero-order valence-electron chi connectivity index (χ0n) is 14.6. The first kappa shape index (κ1) is 17.3. The third kappa shape index (κ3) is 3.40. The first-order valence-electron chi connectivity index (χ1n) is 9.19. The lowest BCUT2D eigenvalue weighted by Gasteiger charge is -2.11. The molecule has 0 saturated carbocycles. The Morgan fingerprint density at radius 2 is 1.96 bits per heavy atom. The highest BCUT2D eigenvalue weighted by Crippen LogP contribution is 2.27. The second kappa shape index (κ2) is 6.87. The molecule has 1 aromatic heterocycles. The number of sulfone groups is 1. The monoisotopic (exact) mass is 373 g/mol. The molecular weight excluding hydrogens is 350 g/mol. The Labute approximate surface area is 153 Å². The molecule has 7 heteroatoms. The molecule has 3 heterocycles. The number of nitrogens with zero attached hydrogens (tertiary/aromatic N) is 2. The van der Waals surface area contributed by atoms with Gasteiger partial charge < -0.3 is 9.88 Å². The minimum absolute atomic E-state index is 0.0281. The van der Waals surface area contributed by atoms with Crippen LogP contribution in [0.5, 0.6) is 0 Å². The molecule has 1 fully saturated rings. The lowest BCUT2D eigenvalue weighted by atomic mass is 10.1. The van der Waals surface area contributed by atoms with Crippen molar-refractivity contribution in [1.82, 2.24) is 14.9 Å². The fourth-order valence-electron chi connectivity index (χ4n) is 3.87. The van der Waals surface area contributed by atoms with Crippen LogP contribution in [0, 0.1) is 0 Å². The van der Waals surface area contributed by atoms with Crippen molar-refractivity contribution in [2.45, 2.75) is 44.7 Å². The Morgan fingerprint density at radius 1 is 1.15 bits per heavy atom. The number of carbonyl (C=O) groups excluding carboxylic acids is 1. The summed E-state index contributed by atoms with van der Waals surface area (Å²) in [5.74, 6) is 0.751. The number of amides is 1. The third-order valence-electron chi connectivity index (χ3n) is 5.18. The highest BCUT2D eigenvalue weighted by atomic mass is 32.2. The lowest BCUT2D eigenvalue weighted by molar-refractivity contribution is 0.0935. The van der Waals surface area contributed by atoms with Crippen LogP contribution in [-0.4, -0.2) is 41.4 Å². The van der Waals surface area contributed by atoms with E-state index in [0.717, 1.165) is 49.3 Å². The highest BCUT2D eigenvalue weighted by Gasteiger charge is 2.31. The van der Waals surface area contributed by atoms with Gasteiger partial charge in [-0.1, -0.05) is 36.8 Å². The Bertz CT molecular complexity index is 919. The standard InChI is InChI=1S/C19H23N3O3S/c23-19(20-15-10-12-26(24,25)13-15)17-16-9-5-2-6-11-22(16)18(21-17)14-7-3-1-4-8-14/h1,3-4,7-8,15H,2,5-6,9-13H2,(H,20,23). The summed E-state index contributed by atoms with van der Waals surface area (Å²) in [5.41, 5.74) is 2.42. The van der Waals surface area contributed by atoms with Gasteiger partial charge >= 0.3 is 0 Å². The van der Waals surface area contributed by atoms with E-state index in [4.69, 9.17) is 0 Å². The van der Waals surface area contributed by atoms with Crippen LogP contribution < -0.4 is 5.32 Å². The van der Waals surface area contributed by atoms with Gasteiger partial charge in [-0.15, -0.1) is 0 Å². The van der Waals surface area contributed by atoms with Crippen molar-refractivity contribution in [3.05, 3.63) is 41.7 Å². The van der Waals surface area contributed by atoms with Gasteiger partial charge in [-0.2, -0.15) is 0 Å². The first-order valence-corrected chi connectivity index (χ1v) is 11.0. The largest absolute Gasteiger partial charge is 0.347 e. The van der Waals surface area contributed by atoms with Crippen LogP contribution in [-0.2, 0) is 22.8 Å². The van der Waals surface area contributed by atoms with E-state index in [2.05, 4.69) is 14.9 Å². The number of nitrogens with one attached hydrogen (secondary N) is 1. The Morgan fingerprint density at radius 3 is 2.69 bits per heavy atom. The minimum atomic E-state index is -3.02. The zero-order valence-corrected chi connectivity index (χ0v) is 15.5. The number of carbonyl (C=O) groups is 1. The van der Waals surface area contributed by atoms with Crippen LogP contribution in [0.1, 0.15) is 41.9 Å². The van der Waals surface area contributed by atoms with Gasteiger partial charge in [0, 0.05) is 18.2 Å². The Kier molecular flexibility index (Phi) is 4.56. The van der Waals surface area contributed by atoms with E-state index in [1.54, 1.807) is 0 Å². The van der Waals surface area contributed by atoms with Gasteiger partial charge in [-0.05, 0) is 25.7 Å². The van der Waals surface area contributed by atoms with E-state index in [9.17, 15) is 13.2 Å². The van der Waals surface area contributed by atoms with Gasteiger partial charge in [-0.25, -0.2) is 13.4 Å². The molecule has 0 spiro atoms. The predicted octanol–water partition coefficient (Wildman–Crippen LogP) is 2.19. The summed E-state index contributed by atoms with van der Waals surface area (Å²) >= 11 is 0. The Hall–Kier alpha value is -2.15. The molecule has 1 aromatic carbocycles. The maximum absolute atomic E-state index is 12.9. The lowest BCUT2D eigenvalue weighted by Crippen LogP contribution is -2.36. The number of hydrogen-bond acceptors (Lipinski definition) is 4. The molecule has 1 unspecified atom stereocenters. The van der Waals surface area contributed by atoms with Crippen molar-refractivity contribution in [2.24, 2.45) is 0 Å². The van der Waals surface area contributed by atoms with Crippen molar-refractivity contribution in [2.75, 3.05) is 11.5 Å². The number of benzene rings is 1. The van der Waals surface area contributed by atoms with Crippen LogP contribution in [0.4, 0.5) is 0 Å². The summed E-state index contributed by atoms with van der Waals surface area (Å²) in [6.07, 6.45) is 4.56. The normalized spacial score (nSPS) is 21.8. The minimum Gasteiger partial charge on any atom is -0.347 e. The van der Waals surface area contributed by atoms with Gasteiger partial charge in [0.2, 0.25) is 0 Å². The van der Waals surface area contributed by atoms with Crippen molar-refractivity contribution >= 4 is 15.7 Å². The highest BCUT2D eigenvalue weighted by molar-refractivity contribution is 7.91. The van der Waals surface area contributed by atoms with Crippen molar-refractivity contribution in [3.63, 3.8) is 0 Å². The average Bonchev–Trinajstić information content (AvgIpc) is 3.05. The number of fused-ring (bicyclic) bond motifs is 1. The van der Waals surface area contributed by atoms with Gasteiger partial charge in [0.25, 0.3) is 5.91 Å². The number of rotatable bonds is 3. The molecule has 2 aliphatic rings. The molecule has 6 nitrogen and oxygen atoms in total. The molecule has 1 atom stereocenters. The molecule has 4 rings (SSSR count). The van der Waals surface area contributed by atoms with Gasteiger partial charge in [-0.3, -0.25) is 4.79 Å². The van der Waals surface area contributed by atoms with E-state index >= 15 is 0 Å². The topological polar surface area (TPSA) is 81.1 Å². The van der Waals surface area contributed by atoms with E-state index in [0.29, 0.717) is 12.1 Å². The first-order chi connectivity index (χ1) is 12.5. The van der Waals surface area contributed by atoms with Crippen LogP contribution in [0.15, 0.2) is 30.3 Å². The molecule has 2 aliphatic heterocycles. The fourth-order valence-corrected chi connectivity index (χ4v) is 5.55. The van der Waals surface area contributed by atoms with E-state index in [1.165, 1.54) is 0 Å². The molecule has 0 radical (unpaired) electrons. The van der Waals surface area contributed by atoms with Crippen LogP contribution in [0.25, 0.3) is 11.4 Å². The summed E-state index contributed by atoms with van der Waals surface area (Å²) in [7, 11) is -3.02. The Balaban J connectivity index is 1.67. The molecular formula is C19H23N3O3S. The summed E-state index contributed by atoms with van der Waals surface area (Å²) < 4.78 is 25.5. The van der Waals surface area contributed by atoms with E-state index < -0.39 is 9.84 Å². The quantitative estimate of drug-likeness (QED) is 0.894. The molecule has 2 aromatic rings. The fraction of sp³-hybridized carbons (Fsp3) is 0.474. The maximum atomic E-state index is 12.9. The van der Waals surface area contributed by atoms with Crippen molar-refractivity contribution in [3.8, 4) is 11.4 Å². The molecule has 1 amide bonds. The maximum Gasteiger partial charge on any atom is 0.272 e. The zero-order chi connectivity index (χ0) is 18.1. The predicted molar refractivity (Wildman–Crippen MR) is 99.7 cm³/mol.